The lowest BCUT2D eigenvalue weighted by Gasteiger charge is -2.08. The van der Waals surface area contributed by atoms with Gasteiger partial charge in [-0.05, 0) is 31.0 Å². The first-order valence-corrected chi connectivity index (χ1v) is 6.50. The van der Waals surface area contributed by atoms with E-state index in [-0.39, 0.29) is 30.2 Å². The number of rotatable bonds is 5. The zero-order valence-corrected chi connectivity index (χ0v) is 11.2. The van der Waals surface area contributed by atoms with E-state index in [1.165, 1.54) is 6.92 Å². The van der Waals surface area contributed by atoms with Crippen LogP contribution < -0.4 is 16.0 Å². The van der Waals surface area contributed by atoms with Crippen molar-refractivity contribution in [1.29, 1.82) is 0 Å². The molecule has 1 aliphatic carbocycles. The summed E-state index contributed by atoms with van der Waals surface area (Å²) in [7, 11) is 0. The molecule has 0 bridgehead atoms. The minimum Gasteiger partial charge on any atom is -0.347 e. The predicted molar refractivity (Wildman–Crippen MR) is 75.1 cm³/mol. The normalized spacial score (nSPS) is 13.4. The second-order valence-corrected chi connectivity index (χ2v) is 4.80. The van der Waals surface area contributed by atoms with Crippen molar-refractivity contribution in [2.45, 2.75) is 19.8 Å². The fraction of sp³-hybridized carbons (Fsp3) is 0.357. The molecule has 0 aromatic heterocycles. The Labute approximate surface area is 116 Å². The van der Waals surface area contributed by atoms with E-state index in [0.29, 0.717) is 11.4 Å². The Kier molecular flexibility index (Phi) is 4.34. The lowest BCUT2D eigenvalue weighted by atomic mass is 10.2. The van der Waals surface area contributed by atoms with Gasteiger partial charge < -0.3 is 16.0 Å². The van der Waals surface area contributed by atoms with Gasteiger partial charge in [0.1, 0.15) is 0 Å². The number of carbonyl (C=O) groups is 3. The minimum atomic E-state index is -0.293. The summed E-state index contributed by atoms with van der Waals surface area (Å²) >= 11 is 0. The van der Waals surface area contributed by atoms with Crippen LogP contribution in [0.15, 0.2) is 24.3 Å². The molecule has 2 rings (SSSR count). The number of hydrogen-bond acceptors (Lipinski definition) is 3. The summed E-state index contributed by atoms with van der Waals surface area (Å²) < 4.78 is 0. The van der Waals surface area contributed by atoms with Gasteiger partial charge in [-0.25, -0.2) is 0 Å². The molecule has 20 heavy (non-hydrogen) atoms. The van der Waals surface area contributed by atoms with Gasteiger partial charge in [0, 0.05) is 24.2 Å². The molecule has 0 unspecified atom stereocenters. The molecule has 6 nitrogen and oxygen atoms in total. The Morgan fingerprint density at radius 1 is 1.15 bits per heavy atom. The Hall–Kier alpha value is -2.37. The van der Waals surface area contributed by atoms with Gasteiger partial charge in [0.25, 0.3) is 0 Å². The monoisotopic (exact) mass is 275 g/mol. The molecule has 3 N–H and O–H groups in total. The van der Waals surface area contributed by atoms with Crippen molar-refractivity contribution in [3.05, 3.63) is 24.3 Å². The quantitative estimate of drug-likeness (QED) is 0.752. The Bertz CT molecular complexity index is 538. The maximum absolute atomic E-state index is 11.7. The first-order valence-electron chi connectivity index (χ1n) is 6.50. The molecule has 1 fully saturated rings. The van der Waals surface area contributed by atoms with Gasteiger partial charge in [-0.15, -0.1) is 0 Å². The SMILES string of the molecule is CC(=O)Nc1cccc(NC(=O)CNC(=O)C2CC2)c1. The highest BCUT2D eigenvalue weighted by atomic mass is 16.2. The highest BCUT2D eigenvalue weighted by molar-refractivity contribution is 5.96. The molecule has 0 radical (unpaired) electrons. The van der Waals surface area contributed by atoms with Crippen molar-refractivity contribution < 1.29 is 14.4 Å². The maximum atomic E-state index is 11.7. The highest BCUT2D eigenvalue weighted by Crippen LogP contribution is 2.28. The third-order valence-electron chi connectivity index (χ3n) is 2.84. The minimum absolute atomic E-state index is 0.0420. The van der Waals surface area contributed by atoms with Crippen LogP contribution in [-0.4, -0.2) is 24.3 Å². The van der Waals surface area contributed by atoms with E-state index in [1.54, 1.807) is 24.3 Å². The topological polar surface area (TPSA) is 87.3 Å². The molecule has 0 spiro atoms. The standard InChI is InChI=1S/C14H17N3O3/c1-9(18)16-11-3-2-4-12(7-11)17-13(19)8-15-14(20)10-5-6-10/h2-4,7,10H,5-6,8H2,1H3,(H,15,20)(H,16,18)(H,17,19). The highest BCUT2D eigenvalue weighted by Gasteiger charge is 2.29. The van der Waals surface area contributed by atoms with Gasteiger partial charge >= 0.3 is 0 Å². The van der Waals surface area contributed by atoms with Gasteiger partial charge in [-0.2, -0.15) is 0 Å². The molecule has 1 aliphatic rings. The molecule has 6 heteroatoms. The van der Waals surface area contributed by atoms with Crippen molar-refractivity contribution in [1.82, 2.24) is 5.32 Å². The molecular weight excluding hydrogens is 258 g/mol. The second-order valence-electron chi connectivity index (χ2n) is 4.80. The number of amides is 3. The van der Waals surface area contributed by atoms with Crippen molar-refractivity contribution in [3.63, 3.8) is 0 Å². The lowest BCUT2D eigenvalue weighted by Crippen LogP contribution is -2.33. The summed E-state index contributed by atoms with van der Waals surface area (Å²) in [4.78, 5) is 34.0. The van der Waals surface area contributed by atoms with Gasteiger partial charge in [0.15, 0.2) is 0 Å². The van der Waals surface area contributed by atoms with Crippen LogP contribution in [0, 0.1) is 5.92 Å². The van der Waals surface area contributed by atoms with Gasteiger partial charge in [0.2, 0.25) is 17.7 Å². The molecule has 3 amide bonds. The molecule has 0 aliphatic heterocycles. The maximum Gasteiger partial charge on any atom is 0.243 e. The van der Waals surface area contributed by atoms with Crippen molar-refractivity contribution in [2.24, 2.45) is 5.92 Å². The summed E-state index contributed by atoms with van der Waals surface area (Å²) in [6.45, 7) is 1.37. The second kappa shape index (κ2) is 6.18. The van der Waals surface area contributed by atoms with Crippen LogP contribution in [0.25, 0.3) is 0 Å². The van der Waals surface area contributed by atoms with Gasteiger partial charge in [-0.3, -0.25) is 14.4 Å². The van der Waals surface area contributed by atoms with E-state index < -0.39 is 0 Å². The molecule has 1 saturated carbocycles. The summed E-state index contributed by atoms with van der Waals surface area (Å²) in [6.07, 6.45) is 1.82. The van der Waals surface area contributed by atoms with Crippen molar-refractivity contribution in [3.8, 4) is 0 Å². The van der Waals surface area contributed by atoms with E-state index in [9.17, 15) is 14.4 Å². The molecule has 0 atom stereocenters. The van der Waals surface area contributed by atoms with Crippen LogP contribution >= 0.6 is 0 Å². The van der Waals surface area contributed by atoms with Crippen LogP contribution in [0.3, 0.4) is 0 Å². The summed E-state index contributed by atoms with van der Waals surface area (Å²) in [5.41, 5.74) is 1.18. The van der Waals surface area contributed by atoms with Crippen molar-refractivity contribution >= 4 is 29.1 Å². The number of carbonyl (C=O) groups excluding carboxylic acids is 3. The summed E-state index contributed by atoms with van der Waals surface area (Å²) in [5.74, 6) is -0.442. The van der Waals surface area contributed by atoms with Gasteiger partial charge in [0.05, 0.1) is 6.54 Å². The molecule has 0 heterocycles. The zero-order chi connectivity index (χ0) is 14.5. The number of anilines is 2. The molecule has 0 saturated heterocycles. The lowest BCUT2D eigenvalue weighted by molar-refractivity contribution is -0.125. The fourth-order valence-electron chi connectivity index (χ4n) is 1.74. The third kappa shape index (κ3) is 4.38. The van der Waals surface area contributed by atoms with Crippen LogP contribution in [0.5, 0.6) is 0 Å². The molecule has 1 aromatic carbocycles. The average Bonchev–Trinajstić information content (AvgIpc) is 3.19. The fourth-order valence-corrected chi connectivity index (χ4v) is 1.74. The van der Waals surface area contributed by atoms with E-state index in [2.05, 4.69) is 16.0 Å². The molecule has 1 aromatic rings. The van der Waals surface area contributed by atoms with Crippen LogP contribution in [0.2, 0.25) is 0 Å². The van der Waals surface area contributed by atoms with Crippen molar-refractivity contribution in [2.75, 3.05) is 17.2 Å². The Balaban J connectivity index is 1.83. The van der Waals surface area contributed by atoms with E-state index in [0.717, 1.165) is 12.8 Å². The van der Waals surface area contributed by atoms with Crippen LogP contribution in [-0.2, 0) is 14.4 Å². The largest absolute Gasteiger partial charge is 0.347 e. The van der Waals surface area contributed by atoms with E-state index in [1.807, 2.05) is 0 Å². The Morgan fingerprint density at radius 3 is 2.40 bits per heavy atom. The Morgan fingerprint density at radius 2 is 1.80 bits per heavy atom. The van der Waals surface area contributed by atoms with Crippen LogP contribution in [0.1, 0.15) is 19.8 Å². The molecule has 106 valence electrons. The van der Waals surface area contributed by atoms with E-state index >= 15 is 0 Å². The smallest absolute Gasteiger partial charge is 0.243 e. The predicted octanol–water partition coefficient (Wildman–Crippen LogP) is 1.11. The molecular formula is C14H17N3O3. The first-order chi connectivity index (χ1) is 9.54. The first kappa shape index (κ1) is 14.0. The average molecular weight is 275 g/mol. The van der Waals surface area contributed by atoms with E-state index in [4.69, 9.17) is 0 Å². The number of hydrogen-bond donors (Lipinski definition) is 3. The number of benzene rings is 1. The summed E-state index contributed by atoms with van der Waals surface area (Å²) in [5, 5.41) is 7.89. The number of nitrogens with one attached hydrogen (secondary N) is 3. The zero-order valence-electron chi connectivity index (χ0n) is 11.2. The van der Waals surface area contributed by atoms with Gasteiger partial charge in [-0.1, -0.05) is 6.07 Å². The third-order valence-corrected chi connectivity index (χ3v) is 2.84. The van der Waals surface area contributed by atoms with Crippen LogP contribution in [0.4, 0.5) is 11.4 Å². The summed E-state index contributed by atoms with van der Waals surface area (Å²) in [6, 6.07) is 6.82.